The van der Waals surface area contributed by atoms with Crippen molar-refractivity contribution in [2.24, 2.45) is 0 Å². The Kier molecular flexibility index (Phi) is 5.68. The van der Waals surface area contributed by atoms with Crippen molar-refractivity contribution in [2.75, 3.05) is 0 Å². The van der Waals surface area contributed by atoms with Crippen LogP contribution in [0.15, 0.2) is 0 Å². The molecule has 137 valence electrons. The molecule has 0 aromatic carbocycles. The summed E-state index contributed by atoms with van der Waals surface area (Å²) < 4.78 is 156. The smallest absolute Gasteiger partial charge is 0.439 e. The van der Waals surface area contributed by atoms with E-state index in [-0.39, 0.29) is 29.6 Å². The fourth-order valence-corrected chi connectivity index (χ4v) is 1.34. The first-order valence-corrected chi connectivity index (χ1v) is 4.77. The number of hydrogen-bond donors (Lipinski definition) is 1. The van der Waals surface area contributed by atoms with Gasteiger partial charge in [0.2, 0.25) is 0 Å². The maximum Gasteiger partial charge on any atom is 0.439 e. The zero-order chi connectivity index (χ0) is 18.9. The number of hydrogen-bond acceptors (Lipinski definition) is 3. The minimum Gasteiger partial charge on any atom is -0.477 e. The van der Waals surface area contributed by atoms with Crippen LogP contribution in [0, 0.1) is 0 Å². The first-order valence-electron chi connectivity index (χ1n) is 4.77. The summed E-state index contributed by atoms with van der Waals surface area (Å²) in [7, 11) is 0. The molecule has 0 amide bonds. The summed E-state index contributed by atoms with van der Waals surface area (Å²) in [6.07, 6.45) is -13.6. The summed E-state index contributed by atoms with van der Waals surface area (Å²) in [6, 6.07) is -21.6. The van der Waals surface area contributed by atoms with Gasteiger partial charge < -0.3 is 5.11 Å². The standard InChI is InChI=1S/C7HF12NO3.Na/c8-2(9,1(21)22)3(10,11)20-4(12,13)6(16,17)23-7(18,19)5(20,14)15;/h(H,21,22);. The molecule has 1 aliphatic rings. The molecule has 0 bridgehead atoms. The summed E-state index contributed by atoms with van der Waals surface area (Å²) in [5.41, 5.74) is 0. The van der Waals surface area contributed by atoms with E-state index < -0.39 is 47.1 Å². The van der Waals surface area contributed by atoms with Gasteiger partial charge in [0, 0.05) is 29.6 Å². The summed E-state index contributed by atoms with van der Waals surface area (Å²) in [5.74, 6) is -10.9. The van der Waals surface area contributed by atoms with Gasteiger partial charge in [-0.2, -0.15) is 52.7 Å². The van der Waals surface area contributed by atoms with Gasteiger partial charge in [-0.05, 0) is 0 Å². The Morgan fingerprint density at radius 1 is 0.833 bits per heavy atom. The van der Waals surface area contributed by atoms with Gasteiger partial charge in [0.25, 0.3) is 0 Å². The van der Waals surface area contributed by atoms with Crippen molar-refractivity contribution in [1.29, 1.82) is 0 Å². The third-order valence-electron chi connectivity index (χ3n) is 2.45. The van der Waals surface area contributed by atoms with E-state index in [4.69, 9.17) is 5.11 Å². The number of carbonyl (C=O) groups is 1. The minimum atomic E-state index is -7.37. The summed E-state index contributed by atoms with van der Waals surface area (Å²) >= 11 is 0. The predicted octanol–water partition coefficient (Wildman–Crippen LogP) is 2.62. The van der Waals surface area contributed by atoms with Crippen LogP contribution in [-0.4, -0.2) is 81.8 Å². The van der Waals surface area contributed by atoms with E-state index in [1.807, 2.05) is 0 Å². The second-order valence-electron chi connectivity index (χ2n) is 3.97. The maximum absolute atomic E-state index is 13.1. The normalized spacial score (nSPS) is 25.7. The first-order chi connectivity index (χ1) is 9.77. The summed E-state index contributed by atoms with van der Waals surface area (Å²) in [6.45, 7) is 0. The van der Waals surface area contributed by atoms with Crippen LogP contribution in [0.4, 0.5) is 52.7 Å². The fraction of sp³-hybridized carbons (Fsp3) is 0.857. The number of rotatable bonds is 3. The molecule has 1 rings (SSSR count). The number of alkyl halides is 12. The van der Waals surface area contributed by atoms with Gasteiger partial charge in [-0.25, -0.2) is 9.53 Å². The molecule has 1 heterocycles. The van der Waals surface area contributed by atoms with Crippen molar-refractivity contribution in [3.63, 3.8) is 0 Å². The van der Waals surface area contributed by atoms with E-state index in [1.54, 1.807) is 4.74 Å². The Bertz CT molecular complexity index is 497. The molecule has 1 aliphatic heterocycles. The molecule has 0 saturated carbocycles. The zero-order valence-electron chi connectivity index (χ0n) is 10.7. The number of aliphatic carboxylic acids is 1. The summed E-state index contributed by atoms with van der Waals surface area (Å²) in [4.78, 5) is 6.03. The van der Waals surface area contributed by atoms with Gasteiger partial charge in [0.1, 0.15) is 0 Å². The van der Waals surface area contributed by atoms with Crippen LogP contribution in [0.1, 0.15) is 0 Å². The Morgan fingerprint density at radius 3 is 1.38 bits per heavy atom. The van der Waals surface area contributed by atoms with Crippen molar-refractivity contribution in [3.05, 3.63) is 0 Å². The van der Waals surface area contributed by atoms with Gasteiger partial charge in [-0.15, -0.1) is 0 Å². The molecule has 1 fully saturated rings. The van der Waals surface area contributed by atoms with E-state index in [0.717, 1.165) is 0 Å². The number of carboxylic acid groups (broad SMARTS) is 1. The van der Waals surface area contributed by atoms with Crippen LogP contribution in [0.2, 0.25) is 0 Å². The molecule has 4 nitrogen and oxygen atoms in total. The molecule has 0 aromatic rings. The number of halogens is 12. The molecule has 24 heavy (non-hydrogen) atoms. The Balaban J connectivity index is 0.00000529. The molecule has 0 aliphatic carbocycles. The Labute approximate surface area is 144 Å². The van der Waals surface area contributed by atoms with Crippen LogP contribution < -0.4 is 0 Å². The molecule has 17 heteroatoms. The van der Waals surface area contributed by atoms with Gasteiger partial charge in [-0.3, -0.25) is 0 Å². The number of ether oxygens (including phenoxy) is 1. The van der Waals surface area contributed by atoms with Crippen molar-refractivity contribution in [2.45, 2.75) is 36.3 Å². The van der Waals surface area contributed by atoms with Crippen molar-refractivity contribution < 1.29 is 67.3 Å². The van der Waals surface area contributed by atoms with E-state index >= 15 is 0 Å². The van der Waals surface area contributed by atoms with Crippen LogP contribution in [0.25, 0.3) is 0 Å². The van der Waals surface area contributed by atoms with Crippen molar-refractivity contribution >= 4 is 35.5 Å². The average molecular weight is 398 g/mol. The van der Waals surface area contributed by atoms with Crippen LogP contribution >= 0.6 is 0 Å². The Hall–Kier alpha value is -0.450. The van der Waals surface area contributed by atoms with Crippen LogP contribution in [-0.2, 0) is 9.53 Å². The third kappa shape index (κ3) is 2.85. The van der Waals surface area contributed by atoms with E-state index in [1.165, 1.54) is 0 Å². The van der Waals surface area contributed by atoms with Gasteiger partial charge >= 0.3 is 42.2 Å². The van der Waals surface area contributed by atoms with E-state index in [2.05, 4.69) is 0 Å². The number of carboxylic acids is 1. The second kappa shape index (κ2) is 5.78. The Morgan fingerprint density at radius 2 is 1.12 bits per heavy atom. The minimum absolute atomic E-state index is 0. The molecular formula is C7HF12NNaO3. The maximum atomic E-state index is 13.1. The molecule has 1 saturated heterocycles. The quantitative estimate of drug-likeness (QED) is 0.451. The average Bonchev–Trinajstić information content (AvgIpc) is 2.23. The van der Waals surface area contributed by atoms with Crippen LogP contribution in [0.5, 0.6) is 0 Å². The van der Waals surface area contributed by atoms with Crippen molar-refractivity contribution in [3.8, 4) is 0 Å². The second-order valence-corrected chi connectivity index (χ2v) is 3.97. The van der Waals surface area contributed by atoms with Crippen LogP contribution in [0.3, 0.4) is 0 Å². The van der Waals surface area contributed by atoms with Gasteiger partial charge in [-0.1, -0.05) is 4.90 Å². The molecule has 0 spiro atoms. The monoisotopic (exact) mass is 398 g/mol. The third-order valence-corrected chi connectivity index (χ3v) is 2.45. The summed E-state index contributed by atoms with van der Waals surface area (Å²) in [5, 5.41) is 7.76. The molecule has 1 radical (unpaired) electrons. The predicted molar refractivity (Wildman–Crippen MR) is 46.0 cm³/mol. The first kappa shape index (κ1) is 23.5. The number of morpholine rings is 1. The molecule has 1 N–H and O–H groups in total. The van der Waals surface area contributed by atoms with E-state index in [9.17, 15) is 57.5 Å². The largest absolute Gasteiger partial charge is 0.477 e. The number of nitrogens with zero attached hydrogens (tertiary/aromatic N) is 1. The molecule has 0 atom stereocenters. The van der Waals surface area contributed by atoms with Gasteiger partial charge in [0.15, 0.2) is 0 Å². The fourth-order valence-electron chi connectivity index (χ4n) is 1.34. The zero-order valence-corrected chi connectivity index (χ0v) is 12.7. The molecule has 0 unspecified atom stereocenters. The van der Waals surface area contributed by atoms with Crippen molar-refractivity contribution in [1.82, 2.24) is 4.90 Å². The SMILES string of the molecule is O=C(O)C(F)(F)C(F)(F)N1C(F)(F)C(F)(F)OC(F)(F)C1(F)F.[Na]. The topological polar surface area (TPSA) is 49.8 Å². The molecule has 0 aromatic heterocycles. The van der Waals surface area contributed by atoms with Gasteiger partial charge in [0.05, 0.1) is 0 Å². The van der Waals surface area contributed by atoms with E-state index in [0.29, 0.717) is 0 Å². The molecular weight excluding hydrogens is 397 g/mol.